The molecule has 10 rings (SSSR count). The van der Waals surface area contributed by atoms with Crippen LogP contribution in [0, 0.1) is 13.8 Å². The third kappa shape index (κ3) is 5.59. The first-order valence-electron chi connectivity index (χ1n) is 19.5. The van der Waals surface area contributed by atoms with E-state index >= 15 is 0 Å². The molecule has 2 heterocycles. The van der Waals surface area contributed by atoms with Gasteiger partial charge in [-0.05, 0) is 0 Å². The van der Waals surface area contributed by atoms with Gasteiger partial charge < -0.3 is 0 Å². The van der Waals surface area contributed by atoms with Gasteiger partial charge in [-0.2, -0.15) is 0 Å². The molecule has 2 nitrogen and oxygen atoms in total. The fraction of sp³-hybridized carbons (Fsp3) is 0.120. The van der Waals surface area contributed by atoms with E-state index in [0.29, 0.717) is 10.0 Å². The molecule has 286 valence electrons. The van der Waals surface area contributed by atoms with E-state index in [1.54, 1.807) is 0 Å². The van der Waals surface area contributed by atoms with Crippen LogP contribution in [0.5, 0.6) is 0 Å². The summed E-state index contributed by atoms with van der Waals surface area (Å²) in [5, 5.41) is 5.51. The Morgan fingerprint density at radius 2 is 0.914 bits per heavy atom. The van der Waals surface area contributed by atoms with Gasteiger partial charge in [-0.25, -0.2) is 0 Å². The van der Waals surface area contributed by atoms with Crippen molar-refractivity contribution < 1.29 is 23.8 Å². The molecule has 0 saturated heterocycles. The second kappa shape index (κ2) is 14.1. The summed E-state index contributed by atoms with van der Waals surface area (Å²) in [7, 11) is 18.1. The first-order valence-corrected chi connectivity index (χ1v) is 35.6. The molecule has 58 heavy (non-hydrogen) atoms. The average molecular weight is 932 g/mol. The van der Waals surface area contributed by atoms with Crippen molar-refractivity contribution in [2.75, 3.05) is 0 Å². The van der Waals surface area contributed by atoms with E-state index in [9.17, 15) is 0 Å². The first kappa shape index (κ1) is 38.3. The molecule has 6 aromatic carbocycles. The second-order valence-corrected chi connectivity index (χ2v) is 55.6. The van der Waals surface area contributed by atoms with Gasteiger partial charge in [0.05, 0.1) is 0 Å². The summed E-state index contributed by atoms with van der Waals surface area (Å²) in [6.45, 7) is 8.96. The second-order valence-electron chi connectivity index (χ2n) is 16.0. The molecule has 0 spiro atoms. The molecule has 2 atom stereocenters. The summed E-state index contributed by atoms with van der Waals surface area (Å²) in [6, 6.07) is 41.8. The van der Waals surface area contributed by atoms with Gasteiger partial charge in [-0.1, -0.05) is 0 Å². The van der Waals surface area contributed by atoms with Crippen molar-refractivity contribution >= 4 is 90.5 Å². The summed E-state index contributed by atoms with van der Waals surface area (Å²) in [4.78, 5) is 0. The van der Waals surface area contributed by atoms with Crippen molar-refractivity contribution in [2.45, 2.75) is 34.2 Å². The van der Waals surface area contributed by atoms with Crippen LogP contribution in [0.2, 0.25) is 23.1 Å². The van der Waals surface area contributed by atoms with Crippen LogP contribution < -0.4 is 0 Å². The van der Waals surface area contributed by atoms with Crippen LogP contribution in [-0.4, -0.2) is 5.43 Å². The van der Waals surface area contributed by atoms with E-state index in [4.69, 9.17) is 49.1 Å². The van der Waals surface area contributed by atoms with Crippen LogP contribution in [-0.2, 0) is 15.0 Å². The maximum atomic E-state index is 9.07. The molecule has 0 saturated carbocycles. The van der Waals surface area contributed by atoms with Gasteiger partial charge in [0.15, 0.2) is 0 Å². The Kier molecular flexibility index (Phi) is 9.34. The Balaban J connectivity index is 1.33. The number of fused-ring (bicyclic) bond motifs is 4. The zero-order chi connectivity index (χ0) is 40.1. The molecule has 8 heteroatoms. The summed E-state index contributed by atoms with van der Waals surface area (Å²) in [5.41, 5.74) is 11.3. The fourth-order valence-electron chi connectivity index (χ4n) is 9.87. The Morgan fingerprint density at radius 1 is 0.517 bits per heavy atom. The van der Waals surface area contributed by atoms with E-state index in [1.807, 2.05) is 61.1 Å². The van der Waals surface area contributed by atoms with E-state index in [1.165, 1.54) is 0 Å². The van der Waals surface area contributed by atoms with Crippen molar-refractivity contribution in [3.05, 3.63) is 189 Å². The first-order chi connectivity index (χ1) is 28.0. The molecule has 2 aliphatic rings. The van der Waals surface area contributed by atoms with Gasteiger partial charge >= 0.3 is 360 Å². The number of aryl methyl sites for hydroxylation is 2. The van der Waals surface area contributed by atoms with Crippen molar-refractivity contribution in [3.63, 3.8) is 0 Å². The number of halogens is 4. The standard InChI is InChI=1S/2C24H16ClO.C2H6Si.2ClH.Zr/c2*1-15-10-11-16-12-18(24-19-7-3-2-6-17(19)14-26-24)13-21(16)23(15)20-8-4-5-9-22(20)25;1-3-2;;;/h2*2-14H,1H3;1-2H3;2*1H;/q;;;;;+2/p-2. The van der Waals surface area contributed by atoms with Crippen LogP contribution in [0.4, 0.5) is 0 Å². The van der Waals surface area contributed by atoms with Crippen molar-refractivity contribution in [1.29, 1.82) is 0 Å². The van der Waals surface area contributed by atoms with Crippen molar-refractivity contribution in [2.24, 2.45) is 0 Å². The predicted octanol–water partition coefficient (Wildman–Crippen LogP) is 16.6. The normalized spacial score (nSPS) is 16.4. The molecular weight excluding hydrogens is 894 g/mol. The zero-order valence-corrected chi connectivity index (χ0v) is 38.8. The molecule has 0 fully saturated rings. The maximum absolute atomic E-state index is 9.07. The summed E-state index contributed by atoms with van der Waals surface area (Å²) >= 11 is 8.46. The topological polar surface area (TPSA) is 26.3 Å². The minimum atomic E-state index is -5.59. The molecule has 0 amide bonds. The monoisotopic (exact) mass is 928 g/mol. The van der Waals surface area contributed by atoms with Crippen LogP contribution >= 0.6 is 40.2 Å². The van der Waals surface area contributed by atoms with Crippen LogP contribution in [0.25, 0.3) is 67.1 Å². The molecular formula is C50H38Cl4O2SiZr. The zero-order valence-electron chi connectivity index (χ0n) is 32.3. The third-order valence-electron chi connectivity index (χ3n) is 12.7. The quantitative estimate of drug-likeness (QED) is 0.155. The summed E-state index contributed by atoms with van der Waals surface area (Å²) in [5.74, 6) is 1.61. The van der Waals surface area contributed by atoms with Gasteiger partial charge in [0.25, 0.3) is 0 Å². The molecule has 2 unspecified atom stereocenters. The summed E-state index contributed by atoms with van der Waals surface area (Å²) in [6.07, 6.45) is 8.33. The summed E-state index contributed by atoms with van der Waals surface area (Å²) < 4.78 is 12.6. The number of allylic oxidation sites excluding steroid dienone is 2. The molecule has 0 bridgehead atoms. The minimum absolute atomic E-state index is 0.342. The predicted molar refractivity (Wildman–Crippen MR) is 246 cm³/mol. The van der Waals surface area contributed by atoms with Gasteiger partial charge in [0, 0.05) is 0 Å². The van der Waals surface area contributed by atoms with E-state index in [2.05, 4.69) is 112 Å². The molecule has 0 radical (unpaired) electrons. The Morgan fingerprint density at radius 3 is 1.33 bits per heavy atom. The van der Waals surface area contributed by atoms with Crippen LogP contribution in [0.1, 0.15) is 52.2 Å². The fourth-order valence-corrected chi connectivity index (χ4v) is 38.0. The SMILES string of the molecule is Cc1ccc2c(c1-c1ccccc1Cl)C=C(c1occ3ccccc13)[CH]2[Zr]([Cl])([Cl])([CH]1C(c2occ3ccccc23)=Cc2c1ccc(C)c2-c1ccccc1Cl)=[Si](C)C. The van der Waals surface area contributed by atoms with Gasteiger partial charge in [-0.15, -0.1) is 0 Å². The molecule has 2 aliphatic carbocycles. The Bertz CT molecular complexity index is 2970. The van der Waals surface area contributed by atoms with Crippen molar-refractivity contribution in [3.8, 4) is 22.3 Å². The number of hydrogen-bond acceptors (Lipinski definition) is 2. The van der Waals surface area contributed by atoms with E-state index in [0.717, 1.165) is 99.8 Å². The Hall–Kier alpha value is -3.86. The average Bonchev–Trinajstić information content (AvgIpc) is 4.01. The number of rotatable bonds is 6. The Labute approximate surface area is 356 Å². The molecule has 0 aliphatic heterocycles. The van der Waals surface area contributed by atoms with Crippen molar-refractivity contribution in [1.82, 2.24) is 0 Å². The van der Waals surface area contributed by atoms with Gasteiger partial charge in [0.2, 0.25) is 0 Å². The number of hydrogen-bond donors (Lipinski definition) is 0. The molecule has 2 aromatic heterocycles. The molecule has 8 aromatic rings. The number of benzene rings is 6. The third-order valence-corrected chi connectivity index (χ3v) is 59.6. The van der Waals surface area contributed by atoms with E-state index < -0.39 is 20.4 Å². The van der Waals surface area contributed by atoms with E-state index in [-0.39, 0.29) is 7.25 Å². The number of furan rings is 2. The van der Waals surface area contributed by atoms with Crippen LogP contribution in [0.3, 0.4) is 0 Å². The van der Waals surface area contributed by atoms with Gasteiger partial charge in [0.1, 0.15) is 0 Å². The van der Waals surface area contributed by atoms with Gasteiger partial charge in [-0.3, -0.25) is 0 Å². The van der Waals surface area contributed by atoms with Crippen LogP contribution in [0.15, 0.2) is 143 Å². The molecule has 0 N–H and O–H groups in total.